The predicted octanol–water partition coefficient (Wildman–Crippen LogP) is 5.09. The Morgan fingerprint density at radius 2 is 1.57 bits per heavy atom. The molecule has 5 nitrogen and oxygen atoms in total. The van der Waals surface area contributed by atoms with E-state index in [4.69, 9.17) is 32.7 Å². The molecule has 152 valence electrons. The molecule has 0 fully saturated rings. The third-order valence-electron chi connectivity index (χ3n) is 4.75. The lowest BCUT2D eigenvalue weighted by molar-refractivity contribution is -0.149. The molecule has 0 aliphatic carbocycles. The first kappa shape index (κ1) is 20.3. The summed E-state index contributed by atoms with van der Waals surface area (Å²) in [6.45, 7) is -0.193. The highest BCUT2D eigenvalue weighted by molar-refractivity contribution is 6.35. The summed E-state index contributed by atoms with van der Waals surface area (Å²) in [6, 6.07) is 19.6. The summed E-state index contributed by atoms with van der Waals surface area (Å²) in [5, 5.41) is 3.66. The maximum atomic E-state index is 12.9. The van der Waals surface area contributed by atoms with Crippen molar-refractivity contribution in [1.82, 2.24) is 5.32 Å². The van der Waals surface area contributed by atoms with Gasteiger partial charge in [0, 0.05) is 27.7 Å². The van der Waals surface area contributed by atoms with Crippen molar-refractivity contribution in [3.63, 3.8) is 0 Å². The van der Waals surface area contributed by atoms with E-state index in [1.807, 2.05) is 36.4 Å². The van der Waals surface area contributed by atoms with Crippen molar-refractivity contribution >= 4 is 35.1 Å². The highest BCUT2D eigenvalue weighted by Gasteiger charge is 2.33. The first-order valence-electron chi connectivity index (χ1n) is 9.26. The Kier molecular flexibility index (Phi) is 5.93. The maximum Gasteiger partial charge on any atom is 0.318 e. The Morgan fingerprint density at radius 3 is 2.20 bits per heavy atom. The van der Waals surface area contributed by atoms with Gasteiger partial charge in [0.05, 0.1) is 0 Å². The molecule has 3 aromatic carbocycles. The van der Waals surface area contributed by atoms with Gasteiger partial charge < -0.3 is 14.8 Å². The number of para-hydroxylation sites is 2. The normalized spacial score (nSPS) is 12.3. The van der Waals surface area contributed by atoms with Crippen molar-refractivity contribution in [3.05, 3.63) is 93.5 Å². The van der Waals surface area contributed by atoms with Crippen LogP contribution in [0.15, 0.2) is 66.7 Å². The number of ether oxygens (including phenoxy) is 2. The van der Waals surface area contributed by atoms with Gasteiger partial charge in [0.15, 0.2) is 6.61 Å². The Balaban J connectivity index is 1.42. The van der Waals surface area contributed by atoms with Crippen LogP contribution in [0.5, 0.6) is 11.5 Å². The van der Waals surface area contributed by atoms with E-state index in [2.05, 4.69) is 5.32 Å². The Bertz CT molecular complexity index is 1070. The number of amides is 1. The van der Waals surface area contributed by atoms with Crippen LogP contribution < -0.4 is 10.1 Å². The average molecular weight is 442 g/mol. The van der Waals surface area contributed by atoms with Crippen LogP contribution in [-0.2, 0) is 20.9 Å². The zero-order valence-corrected chi connectivity index (χ0v) is 17.2. The van der Waals surface area contributed by atoms with Gasteiger partial charge in [-0.05, 0) is 29.8 Å². The minimum Gasteiger partial charge on any atom is -0.457 e. The molecule has 1 heterocycles. The Morgan fingerprint density at radius 1 is 0.933 bits per heavy atom. The molecular formula is C23H17Cl2NO4. The highest BCUT2D eigenvalue weighted by Crippen LogP contribution is 2.44. The standard InChI is InChI=1S/C23H17Cl2NO4/c24-15-10-9-14(18(25)11-15)12-26-21(27)13-29-23(28)22-16-5-1-3-7-19(16)30-20-8-4-2-6-17(20)22/h1-11,22H,12-13H2,(H,26,27). The monoisotopic (exact) mass is 441 g/mol. The van der Waals surface area contributed by atoms with E-state index >= 15 is 0 Å². The maximum absolute atomic E-state index is 12.9. The molecule has 4 rings (SSSR count). The van der Waals surface area contributed by atoms with E-state index in [0.29, 0.717) is 38.2 Å². The number of halogens is 2. The van der Waals surface area contributed by atoms with Gasteiger partial charge in [-0.25, -0.2) is 0 Å². The summed E-state index contributed by atoms with van der Waals surface area (Å²) in [5.74, 6) is -0.412. The van der Waals surface area contributed by atoms with Crippen molar-refractivity contribution in [2.45, 2.75) is 12.5 Å². The second-order valence-electron chi connectivity index (χ2n) is 6.73. The summed E-state index contributed by atoms with van der Waals surface area (Å²) in [4.78, 5) is 25.1. The molecule has 1 aliphatic rings. The third kappa shape index (κ3) is 4.27. The number of rotatable bonds is 5. The second kappa shape index (κ2) is 8.78. The largest absolute Gasteiger partial charge is 0.457 e. The van der Waals surface area contributed by atoms with Crippen LogP contribution in [0.25, 0.3) is 0 Å². The van der Waals surface area contributed by atoms with Gasteiger partial charge in [-0.1, -0.05) is 65.7 Å². The number of carbonyl (C=O) groups is 2. The van der Waals surface area contributed by atoms with Crippen molar-refractivity contribution in [2.24, 2.45) is 0 Å². The zero-order valence-electron chi connectivity index (χ0n) is 15.7. The molecule has 0 spiro atoms. The molecule has 0 aromatic heterocycles. The van der Waals surface area contributed by atoms with E-state index in [9.17, 15) is 9.59 Å². The van der Waals surface area contributed by atoms with E-state index in [0.717, 1.165) is 0 Å². The van der Waals surface area contributed by atoms with E-state index in [-0.39, 0.29) is 6.54 Å². The second-order valence-corrected chi connectivity index (χ2v) is 7.57. The van der Waals surface area contributed by atoms with Crippen molar-refractivity contribution in [2.75, 3.05) is 6.61 Å². The summed E-state index contributed by atoms with van der Waals surface area (Å²) in [7, 11) is 0. The molecule has 1 N–H and O–H groups in total. The molecular weight excluding hydrogens is 425 g/mol. The molecule has 0 radical (unpaired) electrons. The fourth-order valence-corrected chi connectivity index (χ4v) is 3.77. The predicted molar refractivity (Wildman–Crippen MR) is 114 cm³/mol. The topological polar surface area (TPSA) is 64.6 Å². The molecule has 0 atom stereocenters. The molecule has 1 amide bonds. The van der Waals surface area contributed by atoms with Gasteiger partial charge in [-0.15, -0.1) is 0 Å². The molecule has 0 saturated heterocycles. The molecule has 1 aliphatic heterocycles. The van der Waals surface area contributed by atoms with Gasteiger partial charge in [0.25, 0.3) is 5.91 Å². The van der Waals surface area contributed by atoms with Crippen LogP contribution in [0.2, 0.25) is 10.0 Å². The van der Waals surface area contributed by atoms with E-state index in [1.165, 1.54) is 0 Å². The minimum absolute atomic E-state index is 0.204. The van der Waals surface area contributed by atoms with Crippen LogP contribution in [-0.4, -0.2) is 18.5 Å². The number of nitrogens with one attached hydrogen (secondary N) is 1. The number of carbonyl (C=O) groups excluding carboxylic acids is 2. The van der Waals surface area contributed by atoms with E-state index in [1.54, 1.807) is 30.3 Å². The van der Waals surface area contributed by atoms with Crippen molar-refractivity contribution in [3.8, 4) is 11.5 Å². The SMILES string of the molecule is O=C(COC(=O)C1c2ccccc2Oc2ccccc21)NCc1ccc(Cl)cc1Cl. The number of fused-ring (bicyclic) bond motifs is 2. The lowest BCUT2D eigenvalue weighted by atomic mass is 9.88. The Hall–Kier alpha value is -3.02. The molecule has 0 saturated carbocycles. The van der Waals surface area contributed by atoms with Gasteiger partial charge in [-0.3, -0.25) is 9.59 Å². The van der Waals surface area contributed by atoms with Gasteiger partial charge >= 0.3 is 5.97 Å². The Labute approximate surface area is 183 Å². The fourth-order valence-electron chi connectivity index (χ4n) is 3.29. The molecule has 7 heteroatoms. The minimum atomic E-state index is -0.662. The zero-order chi connectivity index (χ0) is 21.1. The highest BCUT2D eigenvalue weighted by atomic mass is 35.5. The summed E-state index contributed by atoms with van der Waals surface area (Å²) in [5.41, 5.74) is 2.12. The molecule has 0 bridgehead atoms. The lowest BCUT2D eigenvalue weighted by Crippen LogP contribution is -2.30. The number of hydrogen-bond donors (Lipinski definition) is 1. The van der Waals surface area contributed by atoms with Crippen LogP contribution in [0, 0.1) is 0 Å². The first-order chi connectivity index (χ1) is 14.5. The van der Waals surface area contributed by atoms with Gasteiger partial charge in [0.1, 0.15) is 17.4 Å². The van der Waals surface area contributed by atoms with Gasteiger partial charge in [0.2, 0.25) is 0 Å². The molecule has 30 heavy (non-hydrogen) atoms. The van der Waals surface area contributed by atoms with Crippen molar-refractivity contribution in [1.29, 1.82) is 0 Å². The smallest absolute Gasteiger partial charge is 0.318 e. The van der Waals surface area contributed by atoms with Crippen molar-refractivity contribution < 1.29 is 19.1 Å². The molecule has 3 aromatic rings. The van der Waals surface area contributed by atoms with Crippen LogP contribution in [0.1, 0.15) is 22.6 Å². The summed E-state index contributed by atoms with van der Waals surface area (Å²) in [6.07, 6.45) is 0. The first-order valence-corrected chi connectivity index (χ1v) is 10.0. The fraction of sp³-hybridized carbons (Fsp3) is 0.130. The quantitative estimate of drug-likeness (QED) is 0.559. The van der Waals surface area contributed by atoms with Crippen LogP contribution in [0.3, 0.4) is 0 Å². The van der Waals surface area contributed by atoms with Crippen LogP contribution >= 0.6 is 23.2 Å². The summed E-state index contributed by atoms with van der Waals surface area (Å²) >= 11 is 12.0. The number of hydrogen-bond acceptors (Lipinski definition) is 4. The number of benzene rings is 3. The molecule has 0 unspecified atom stereocenters. The van der Waals surface area contributed by atoms with Crippen LogP contribution in [0.4, 0.5) is 0 Å². The summed E-state index contributed by atoms with van der Waals surface area (Å²) < 4.78 is 11.2. The number of esters is 1. The average Bonchev–Trinajstić information content (AvgIpc) is 2.75. The lowest BCUT2D eigenvalue weighted by Gasteiger charge is -2.26. The van der Waals surface area contributed by atoms with E-state index < -0.39 is 24.4 Å². The van der Waals surface area contributed by atoms with Gasteiger partial charge in [-0.2, -0.15) is 0 Å². The third-order valence-corrected chi connectivity index (χ3v) is 5.34.